The number of fused-ring (bicyclic) bond motifs is 1. The first-order valence-electron chi connectivity index (χ1n) is 6.57. The van der Waals surface area contributed by atoms with Crippen LogP contribution in [-0.2, 0) is 6.42 Å². The molecule has 2 aromatic rings. The third-order valence-electron chi connectivity index (χ3n) is 3.45. The molecule has 0 radical (unpaired) electrons. The van der Waals surface area contributed by atoms with Gasteiger partial charge in [-0.15, -0.1) is 0 Å². The lowest BCUT2D eigenvalue weighted by atomic mass is 9.95. The minimum atomic E-state index is -0.0508. The van der Waals surface area contributed by atoms with Crippen LogP contribution in [0.1, 0.15) is 27.9 Å². The van der Waals surface area contributed by atoms with Crippen LogP contribution in [0.25, 0.3) is 0 Å². The number of ketones is 1. The summed E-state index contributed by atoms with van der Waals surface area (Å²) in [6, 6.07) is 16.0. The lowest BCUT2D eigenvalue weighted by Gasteiger charge is -2.25. The van der Waals surface area contributed by atoms with E-state index >= 15 is 0 Å². The van der Waals surface area contributed by atoms with Gasteiger partial charge in [0.15, 0.2) is 5.78 Å². The van der Waals surface area contributed by atoms with Gasteiger partial charge >= 0.3 is 0 Å². The molecule has 96 valence electrons. The van der Waals surface area contributed by atoms with Crippen LogP contribution in [0.3, 0.4) is 0 Å². The largest absolute Gasteiger partial charge is 0.489 e. The summed E-state index contributed by atoms with van der Waals surface area (Å²) in [6.07, 6.45) is 1.19. The monoisotopic (exact) mass is 252 g/mol. The highest BCUT2D eigenvalue weighted by Gasteiger charge is 2.26. The van der Waals surface area contributed by atoms with Crippen molar-refractivity contribution in [1.29, 1.82) is 0 Å². The molecule has 1 heterocycles. The third kappa shape index (κ3) is 2.53. The maximum absolute atomic E-state index is 12.2. The number of hydrogen-bond acceptors (Lipinski definition) is 2. The summed E-state index contributed by atoms with van der Waals surface area (Å²) in [5.41, 5.74) is 3.03. The van der Waals surface area contributed by atoms with Crippen LogP contribution in [0.5, 0.6) is 5.75 Å². The zero-order valence-corrected chi connectivity index (χ0v) is 10.9. The molecule has 3 rings (SSSR count). The lowest BCUT2D eigenvalue weighted by Crippen LogP contribution is -2.28. The number of Topliss-reactive ketones (excluding diaryl/α,β-unsaturated/α-hetero) is 1. The second kappa shape index (κ2) is 4.88. The number of aryl methyl sites for hydroxylation is 1. The van der Waals surface area contributed by atoms with Gasteiger partial charge in [-0.2, -0.15) is 0 Å². The van der Waals surface area contributed by atoms with E-state index in [1.165, 1.54) is 5.56 Å². The number of ether oxygens (including phenoxy) is 1. The molecule has 1 unspecified atom stereocenters. The van der Waals surface area contributed by atoms with Crippen molar-refractivity contribution in [3.8, 4) is 5.75 Å². The minimum absolute atomic E-state index is 0.0508. The van der Waals surface area contributed by atoms with E-state index in [-0.39, 0.29) is 11.9 Å². The molecular formula is C17H16O2. The number of carbonyl (C=O) groups is 1. The highest BCUT2D eigenvalue weighted by Crippen LogP contribution is 2.29. The van der Waals surface area contributed by atoms with Crippen molar-refractivity contribution in [3.63, 3.8) is 0 Å². The van der Waals surface area contributed by atoms with Crippen molar-refractivity contribution in [1.82, 2.24) is 0 Å². The fourth-order valence-corrected chi connectivity index (χ4v) is 2.49. The number of hydrogen-bond donors (Lipinski definition) is 0. The summed E-state index contributed by atoms with van der Waals surface area (Å²) < 4.78 is 5.94. The predicted molar refractivity (Wildman–Crippen MR) is 74.7 cm³/mol. The topological polar surface area (TPSA) is 26.3 Å². The molecule has 2 nitrogen and oxygen atoms in total. The molecule has 2 heteroatoms. The summed E-state index contributed by atoms with van der Waals surface area (Å²) in [5, 5.41) is 0. The van der Waals surface area contributed by atoms with Crippen molar-refractivity contribution in [2.45, 2.75) is 25.9 Å². The number of carbonyl (C=O) groups excluding carboxylic acids is 1. The molecule has 2 aromatic carbocycles. The van der Waals surface area contributed by atoms with Crippen molar-refractivity contribution in [2.75, 3.05) is 0 Å². The van der Waals surface area contributed by atoms with Gasteiger partial charge in [-0.25, -0.2) is 0 Å². The Hall–Kier alpha value is -2.09. The second-order valence-electron chi connectivity index (χ2n) is 5.06. The second-order valence-corrected chi connectivity index (χ2v) is 5.06. The fourth-order valence-electron chi connectivity index (χ4n) is 2.49. The van der Waals surface area contributed by atoms with Crippen LogP contribution in [0.2, 0.25) is 0 Å². The average molecular weight is 252 g/mol. The summed E-state index contributed by atoms with van der Waals surface area (Å²) in [6.45, 7) is 1.99. The normalized spacial score (nSPS) is 17.7. The highest BCUT2D eigenvalue weighted by atomic mass is 16.5. The Labute approximate surface area is 113 Å². The van der Waals surface area contributed by atoms with E-state index in [9.17, 15) is 4.79 Å². The van der Waals surface area contributed by atoms with Crippen molar-refractivity contribution < 1.29 is 9.53 Å². The molecule has 0 aromatic heterocycles. The smallest absolute Gasteiger partial charge is 0.170 e. The molecule has 1 atom stereocenters. The highest BCUT2D eigenvalue weighted by molar-refractivity contribution is 6.00. The quantitative estimate of drug-likeness (QED) is 0.816. The van der Waals surface area contributed by atoms with Crippen LogP contribution < -0.4 is 4.74 Å². The van der Waals surface area contributed by atoms with Crippen LogP contribution >= 0.6 is 0 Å². The predicted octanol–water partition coefficient (Wildman–Crippen LogP) is 3.57. The van der Waals surface area contributed by atoms with Crippen LogP contribution in [0, 0.1) is 6.92 Å². The zero-order chi connectivity index (χ0) is 13.2. The molecule has 1 aliphatic heterocycles. The van der Waals surface area contributed by atoms with E-state index in [0.717, 1.165) is 23.3 Å². The van der Waals surface area contributed by atoms with Crippen molar-refractivity contribution in [2.24, 2.45) is 0 Å². The van der Waals surface area contributed by atoms with Gasteiger partial charge in [0.25, 0.3) is 0 Å². The summed E-state index contributed by atoms with van der Waals surface area (Å²) in [7, 11) is 0. The molecule has 0 aliphatic carbocycles. The van der Waals surface area contributed by atoms with Crippen LogP contribution in [0.15, 0.2) is 48.5 Å². The molecule has 0 spiro atoms. The van der Waals surface area contributed by atoms with E-state index in [2.05, 4.69) is 12.1 Å². The van der Waals surface area contributed by atoms with Crippen molar-refractivity contribution >= 4 is 5.78 Å². The zero-order valence-electron chi connectivity index (χ0n) is 10.9. The van der Waals surface area contributed by atoms with Crippen molar-refractivity contribution in [3.05, 3.63) is 65.2 Å². The molecule has 1 aliphatic rings. The molecule has 0 amide bonds. The van der Waals surface area contributed by atoms with Gasteiger partial charge in [-0.3, -0.25) is 4.79 Å². The fraction of sp³-hybridized carbons (Fsp3) is 0.235. The first-order valence-corrected chi connectivity index (χ1v) is 6.57. The van der Waals surface area contributed by atoms with E-state index < -0.39 is 0 Å². The molecule has 0 fully saturated rings. The maximum Gasteiger partial charge on any atom is 0.170 e. The molecule has 0 saturated carbocycles. The van der Waals surface area contributed by atoms with E-state index in [4.69, 9.17) is 4.74 Å². The lowest BCUT2D eigenvalue weighted by molar-refractivity contribution is 0.0851. The van der Waals surface area contributed by atoms with Gasteiger partial charge in [0.2, 0.25) is 0 Å². The Morgan fingerprint density at radius 1 is 1.16 bits per heavy atom. The average Bonchev–Trinajstić information content (AvgIpc) is 2.41. The Morgan fingerprint density at radius 3 is 2.74 bits per heavy atom. The first kappa shape index (κ1) is 12.0. The van der Waals surface area contributed by atoms with Gasteiger partial charge in [0.05, 0.1) is 5.56 Å². The Morgan fingerprint density at radius 2 is 1.95 bits per heavy atom. The van der Waals surface area contributed by atoms with Gasteiger partial charge in [-0.05, 0) is 24.6 Å². The summed E-state index contributed by atoms with van der Waals surface area (Å²) >= 11 is 0. The Bertz CT molecular complexity index is 602. The third-order valence-corrected chi connectivity index (χ3v) is 3.45. The molecular weight excluding hydrogens is 236 g/mol. The molecule has 0 bridgehead atoms. The SMILES string of the molecule is Cc1ccc2c(c1)C(=O)CC(Cc1ccccc1)O2. The first-order chi connectivity index (χ1) is 9.22. The molecule has 0 N–H and O–H groups in total. The standard InChI is InChI=1S/C17H16O2/c1-12-7-8-17-15(9-12)16(18)11-14(19-17)10-13-5-3-2-4-6-13/h2-9,14H,10-11H2,1H3. The number of rotatable bonds is 2. The summed E-state index contributed by atoms with van der Waals surface area (Å²) in [4.78, 5) is 12.2. The van der Waals surface area contributed by atoms with E-state index in [1.54, 1.807) is 0 Å². The summed E-state index contributed by atoms with van der Waals surface area (Å²) in [5.74, 6) is 0.911. The van der Waals surface area contributed by atoms with Gasteiger partial charge in [0.1, 0.15) is 11.9 Å². The Balaban J connectivity index is 1.82. The van der Waals surface area contributed by atoms with Gasteiger partial charge in [0, 0.05) is 12.8 Å². The van der Waals surface area contributed by atoms with Gasteiger partial charge in [-0.1, -0.05) is 42.0 Å². The number of benzene rings is 2. The molecule has 0 saturated heterocycles. The van der Waals surface area contributed by atoms with Crippen LogP contribution in [-0.4, -0.2) is 11.9 Å². The van der Waals surface area contributed by atoms with E-state index in [1.807, 2.05) is 43.3 Å². The minimum Gasteiger partial charge on any atom is -0.489 e. The van der Waals surface area contributed by atoms with Gasteiger partial charge < -0.3 is 4.74 Å². The van der Waals surface area contributed by atoms with E-state index in [0.29, 0.717) is 6.42 Å². The van der Waals surface area contributed by atoms with Crippen LogP contribution in [0.4, 0.5) is 0 Å². The Kier molecular flexibility index (Phi) is 3.08. The molecule has 19 heavy (non-hydrogen) atoms. The maximum atomic E-state index is 12.2.